The van der Waals surface area contributed by atoms with E-state index in [1.807, 2.05) is 30.3 Å². The van der Waals surface area contributed by atoms with E-state index in [1.54, 1.807) is 27.7 Å². The van der Waals surface area contributed by atoms with Crippen LogP contribution in [-0.2, 0) is 28.5 Å². The molecule has 2 aliphatic rings. The minimum Gasteiger partial charge on any atom is -0.462 e. The zero-order valence-corrected chi connectivity index (χ0v) is 16.4. The second kappa shape index (κ2) is 7.60. The average Bonchev–Trinajstić information content (AvgIpc) is 2.59. The van der Waals surface area contributed by atoms with Crippen molar-refractivity contribution in [3.8, 4) is 0 Å². The van der Waals surface area contributed by atoms with Gasteiger partial charge in [-0.25, -0.2) is 0 Å². The summed E-state index contributed by atoms with van der Waals surface area (Å²) in [5.41, 5.74) is -0.672. The van der Waals surface area contributed by atoms with Gasteiger partial charge in [0.05, 0.1) is 25.4 Å². The lowest BCUT2D eigenvalue weighted by atomic mass is 9.52. The molecule has 6 nitrogen and oxygen atoms in total. The molecule has 0 bridgehead atoms. The maximum atomic E-state index is 12.7. The molecule has 1 spiro atoms. The number of hydrogen-bond acceptors (Lipinski definition) is 6. The van der Waals surface area contributed by atoms with Crippen LogP contribution in [0.3, 0.4) is 0 Å². The third-order valence-corrected chi connectivity index (χ3v) is 4.97. The summed E-state index contributed by atoms with van der Waals surface area (Å²) in [6, 6.07) is 9.71. The topological polar surface area (TPSA) is 71.1 Å². The molecule has 1 heterocycles. The molecule has 1 aromatic carbocycles. The molecule has 27 heavy (non-hydrogen) atoms. The first-order chi connectivity index (χ1) is 12.8. The summed E-state index contributed by atoms with van der Waals surface area (Å²) in [5, 5.41) is 0. The van der Waals surface area contributed by atoms with Gasteiger partial charge in [-0.3, -0.25) is 9.59 Å². The molecule has 1 aromatic rings. The van der Waals surface area contributed by atoms with Crippen molar-refractivity contribution in [2.24, 2.45) is 10.8 Å². The molecule has 0 aromatic heterocycles. The fraction of sp³-hybridized carbons (Fsp3) is 0.619. The fourth-order valence-corrected chi connectivity index (χ4v) is 3.86. The van der Waals surface area contributed by atoms with Gasteiger partial charge in [-0.2, -0.15) is 0 Å². The number of carbonyl (C=O) groups excluding carboxylic acids is 2. The third-order valence-electron chi connectivity index (χ3n) is 4.97. The van der Waals surface area contributed by atoms with Crippen molar-refractivity contribution < 1.29 is 28.5 Å². The second-order valence-corrected chi connectivity index (χ2v) is 8.21. The van der Waals surface area contributed by atoms with Crippen LogP contribution in [0.25, 0.3) is 0 Å². The molecule has 1 aliphatic carbocycles. The maximum Gasteiger partial charge on any atom is 0.323 e. The molecule has 1 aliphatic heterocycles. The van der Waals surface area contributed by atoms with Crippen LogP contribution >= 0.6 is 0 Å². The van der Waals surface area contributed by atoms with Gasteiger partial charge in [-0.05, 0) is 40.5 Å². The molecular weight excluding hydrogens is 348 g/mol. The van der Waals surface area contributed by atoms with Crippen molar-refractivity contribution in [1.29, 1.82) is 0 Å². The van der Waals surface area contributed by atoms with Crippen LogP contribution in [-0.4, -0.2) is 37.4 Å². The maximum absolute atomic E-state index is 12.7. The Bertz CT molecular complexity index is 641. The molecule has 1 saturated carbocycles. The number of benzene rings is 1. The van der Waals surface area contributed by atoms with E-state index in [0.29, 0.717) is 26.1 Å². The predicted octanol–water partition coefficient (Wildman–Crippen LogP) is 3.40. The molecule has 1 saturated heterocycles. The quantitative estimate of drug-likeness (QED) is 0.579. The first kappa shape index (κ1) is 19.8. The van der Waals surface area contributed by atoms with Crippen molar-refractivity contribution >= 4 is 11.9 Å². The zero-order valence-electron chi connectivity index (χ0n) is 16.4. The molecule has 0 radical (unpaired) electrons. The molecule has 148 valence electrons. The second-order valence-electron chi connectivity index (χ2n) is 8.21. The van der Waals surface area contributed by atoms with Gasteiger partial charge in [0.2, 0.25) is 0 Å². The van der Waals surface area contributed by atoms with Gasteiger partial charge >= 0.3 is 11.9 Å². The van der Waals surface area contributed by atoms with E-state index in [-0.39, 0.29) is 17.6 Å². The molecule has 0 N–H and O–H groups in total. The van der Waals surface area contributed by atoms with Crippen molar-refractivity contribution in [2.45, 2.75) is 59.0 Å². The zero-order chi connectivity index (χ0) is 19.7. The highest BCUT2D eigenvalue weighted by Crippen LogP contribution is 2.58. The Kier molecular flexibility index (Phi) is 5.58. The third kappa shape index (κ3) is 4.01. The molecule has 0 atom stereocenters. The average molecular weight is 376 g/mol. The molecule has 0 unspecified atom stereocenters. The Morgan fingerprint density at radius 2 is 1.41 bits per heavy atom. The van der Waals surface area contributed by atoms with Gasteiger partial charge < -0.3 is 18.9 Å². The van der Waals surface area contributed by atoms with E-state index in [2.05, 4.69) is 0 Å². The monoisotopic (exact) mass is 376 g/mol. The largest absolute Gasteiger partial charge is 0.462 e. The predicted molar refractivity (Wildman–Crippen MR) is 97.6 cm³/mol. The number of carbonyl (C=O) groups is 2. The first-order valence-electron chi connectivity index (χ1n) is 9.47. The summed E-state index contributed by atoms with van der Waals surface area (Å²) in [4.78, 5) is 25.4. The Labute approximate surface area is 160 Å². The number of esters is 2. The number of rotatable bonds is 5. The van der Waals surface area contributed by atoms with Gasteiger partial charge in [0.25, 0.3) is 0 Å². The smallest absolute Gasteiger partial charge is 0.323 e. The highest BCUT2D eigenvalue weighted by molar-refractivity contribution is 6.01. The van der Waals surface area contributed by atoms with Crippen molar-refractivity contribution in [2.75, 3.05) is 13.2 Å². The number of hydrogen-bond donors (Lipinski definition) is 0. The Morgan fingerprint density at radius 3 is 1.85 bits per heavy atom. The van der Waals surface area contributed by atoms with Crippen LogP contribution < -0.4 is 0 Å². The van der Waals surface area contributed by atoms with E-state index in [0.717, 1.165) is 5.56 Å². The van der Waals surface area contributed by atoms with Gasteiger partial charge in [0.15, 0.2) is 11.7 Å². The molecular formula is C21H28O6. The van der Waals surface area contributed by atoms with Gasteiger partial charge in [0, 0.05) is 11.0 Å². The standard InChI is InChI=1S/C21H28O6/c1-14(2)26-18(22)21(19(23)27-15(3)4)10-20(11-21)12-24-17(25-13-20)16-8-6-5-7-9-16/h5-9,14-15,17H,10-13H2,1-4H3. The van der Waals surface area contributed by atoms with Crippen LogP contribution in [0.1, 0.15) is 52.4 Å². The van der Waals surface area contributed by atoms with Crippen molar-refractivity contribution in [3.63, 3.8) is 0 Å². The highest BCUT2D eigenvalue weighted by Gasteiger charge is 2.66. The van der Waals surface area contributed by atoms with E-state index in [4.69, 9.17) is 18.9 Å². The lowest BCUT2D eigenvalue weighted by Gasteiger charge is -2.54. The van der Waals surface area contributed by atoms with E-state index < -0.39 is 23.6 Å². The Morgan fingerprint density at radius 1 is 0.926 bits per heavy atom. The van der Waals surface area contributed by atoms with Crippen molar-refractivity contribution in [3.05, 3.63) is 35.9 Å². The fourth-order valence-electron chi connectivity index (χ4n) is 3.86. The van der Waals surface area contributed by atoms with Gasteiger partial charge in [-0.15, -0.1) is 0 Å². The molecule has 0 amide bonds. The van der Waals surface area contributed by atoms with E-state index in [1.165, 1.54) is 0 Å². The summed E-state index contributed by atoms with van der Waals surface area (Å²) >= 11 is 0. The summed E-state index contributed by atoms with van der Waals surface area (Å²) in [6.45, 7) is 7.93. The minimum absolute atomic E-state index is 0.293. The van der Waals surface area contributed by atoms with Crippen LogP contribution in [0, 0.1) is 10.8 Å². The minimum atomic E-state index is -1.26. The van der Waals surface area contributed by atoms with Crippen LogP contribution in [0.4, 0.5) is 0 Å². The van der Waals surface area contributed by atoms with Crippen molar-refractivity contribution in [1.82, 2.24) is 0 Å². The summed E-state index contributed by atoms with van der Waals surface area (Å²) in [6.07, 6.45) is -0.368. The van der Waals surface area contributed by atoms with Gasteiger partial charge in [-0.1, -0.05) is 30.3 Å². The highest BCUT2D eigenvalue weighted by atomic mass is 16.7. The summed E-state index contributed by atoms with van der Waals surface area (Å²) in [5.74, 6) is -1.03. The SMILES string of the molecule is CC(C)OC(=O)C1(C(=O)OC(C)C)CC2(COC(c3ccccc3)OC2)C1. The molecule has 2 fully saturated rings. The van der Waals surface area contributed by atoms with E-state index in [9.17, 15) is 9.59 Å². The van der Waals surface area contributed by atoms with E-state index >= 15 is 0 Å². The Balaban J connectivity index is 1.68. The Hall–Kier alpha value is -1.92. The normalized spacial score (nSPS) is 21.1. The lowest BCUT2D eigenvalue weighted by molar-refractivity contribution is -0.273. The van der Waals surface area contributed by atoms with Crippen LogP contribution in [0.5, 0.6) is 0 Å². The summed E-state index contributed by atoms with van der Waals surface area (Å²) < 4.78 is 22.5. The van der Waals surface area contributed by atoms with Gasteiger partial charge in [0.1, 0.15) is 0 Å². The first-order valence-corrected chi connectivity index (χ1v) is 9.47. The summed E-state index contributed by atoms with van der Waals surface area (Å²) in [7, 11) is 0. The van der Waals surface area contributed by atoms with Crippen LogP contribution in [0.2, 0.25) is 0 Å². The van der Waals surface area contributed by atoms with Crippen LogP contribution in [0.15, 0.2) is 30.3 Å². The molecule has 6 heteroatoms. The lowest BCUT2D eigenvalue weighted by Crippen LogP contribution is -2.62. The molecule has 3 rings (SSSR count). The number of ether oxygens (including phenoxy) is 4.